The second kappa shape index (κ2) is 7.79. The van der Waals surface area contributed by atoms with Crippen molar-refractivity contribution >= 4 is 23.4 Å². The Labute approximate surface area is 163 Å². The van der Waals surface area contributed by atoms with E-state index in [2.05, 4.69) is 29.9 Å². The fraction of sp³-hybridized carbons (Fsp3) is 0.421. The molecule has 0 N–H and O–H groups in total. The molecule has 0 radical (unpaired) electrons. The largest absolute Gasteiger partial charge is 0.462 e. The third-order valence-corrected chi connectivity index (χ3v) is 4.76. The van der Waals surface area contributed by atoms with Crippen LogP contribution in [0, 0.1) is 6.92 Å². The molecule has 146 valence electrons. The Morgan fingerprint density at radius 3 is 2.75 bits per heavy atom. The van der Waals surface area contributed by atoms with Crippen molar-refractivity contribution in [1.82, 2.24) is 24.6 Å². The molecule has 4 rings (SSSR count). The lowest BCUT2D eigenvalue weighted by atomic mass is 10.2. The Bertz CT molecular complexity index is 970. The zero-order chi connectivity index (χ0) is 19.5. The number of ether oxygens (including phenoxy) is 1. The molecular formula is C19H23N7O2. The lowest BCUT2D eigenvalue weighted by Crippen LogP contribution is -2.32. The highest BCUT2D eigenvalue weighted by Crippen LogP contribution is 2.20. The van der Waals surface area contributed by atoms with E-state index in [1.165, 1.54) is 6.33 Å². The molecule has 0 saturated carbocycles. The molecule has 1 fully saturated rings. The SMILES string of the molecule is CCOC(=O)c1ccc(N2CCCN(c3cc(C)nc4ncnn34)CC2)nc1. The average molecular weight is 381 g/mol. The van der Waals surface area contributed by atoms with Gasteiger partial charge in [0.1, 0.15) is 18.0 Å². The number of carbonyl (C=O) groups excluding carboxylic acids is 1. The van der Waals surface area contributed by atoms with Crippen molar-refractivity contribution in [2.75, 3.05) is 42.6 Å². The van der Waals surface area contributed by atoms with Gasteiger partial charge >= 0.3 is 5.97 Å². The van der Waals surface area contributed by atoms with Gasteiger partial charge in [0.15, 0.2) is 0 Å². The van der Waals surface area contributed by atoms with Gasteiger partial charge in [0.05, 0.1) is 12.2 Å². The number of fused-ring (bicyclic) bond motifs is 1. The summed E-state index contributed by atoms with van der Waals surface area (Å²) in [5.74, 6) is 2.15. The number of hydrogen-bond acceptors (Lipinski definition) is 8. The first-order valence-electron chi connectivity index (χ1n) is 9.46. The molecule has 3 aromatic rings. The Hall–Kier alpha value is -3.23. The van der Waals surface area contributed by atoms with Crippen LogP contribution in [-0.2, 0) is 4.74 Å². The van der Waals surface area contributed by atoms with Crippen LogP contribution in [0.25, 0.3) is 5.78 Å². The van der Waals surface area contributed by atoms with Gasteiger partial charge in [0.2, 0.25) is 0 Å². The fourth-order valence-electron chi connectivity index (χ4n) is 3.42. The number of pyridine rings is 1. The Kier molecular flexibility index (Phi) is 5.05. The van der Waals surface area contributed by atoms with E-state index in [1.54, 1.807) is 23.7 Å². The maximum absolute atomic E-state index is 11.8. The van der Waals surface area contributed by atoms with Crippen molar-refractivity contribution in [3.05, 3.63) is 42.0 Å². The minimum atomic E-state index is -0.339. The van der Waals surface area contributed by atoms with Gasteiger partial charge in [-0.25, -0.2) is 14.8 Å². The minimum Gasteiger partial charge on any atom is -0.462 e. The lowest BCUT2D eigenvalue weighted by Gasteiger charge is -2.24. The van der Waals surface area contributed by atoms with Crippen molar-refractivity contribution in [1.29, 1.82) is 0 Å². The van der Waals surface area contributed by atoms with E-state index in [0.717, 1.165) is 49.9 Å². The first kappa shape index (κ1) is 18.1. The summed E-state index contributed by atoms with van der Waals surface area (Å²) in [6.45, 7) is 7.58. The van der Waals surface area contributed by atoms with E-state index in [4.69, 9.17) is 4.74 Å². The maximum Gasteiger partial charge on any atom is 0.339 e. The average Bonchev–Trinajstić information content (AvgIpc) is 3.03. The zero-order valence-electron chi connectivity index (χ0n) is 16.1. The summed E-state index contributed by atoms with van der Waals surface area (Å²) in [5.41, 5.74) is 1.40. The number of esters is 1. The molecule has 1 aliphatic rings. The molecule has 9 heteroatoms. The molecule has 0 atom stereocenters. The molecule has 28 heavy (non-hydrogen) atoms. The quantitative estimate of drug-likeness (QED) is 0.631. The molecule has 0 bridgehead atoms. The van der Waals surface area contributed by atoms with Gasteiger partial charge in [-0.3, -0.25) is 0 Å². The zero-order valence-corrected chi connectivity index (χ0v) is 16.1. The van der Waals surface area contributed by atoms with Crippen LogP contribution < -0.4 is 9.80 Å². The predicted octanol–water partition coefficient (Wildman–Crippen LogP) is 1.72. The fourth-order valence-corrected chi connectivity index (χ4v) is 3.42. The highest BCUT2D eigenvalue weighted by atomic mass is 16.5. The number of aryl methyl sites for hydroxylation is 1. The molecule has 3 aromatic heterocycles. The second-order valence-corrected chi connectivity index (χ2v) is 6.68. The monoisotopic (exact) mass is 381 g/mol. The van der Waals surface area contributed by atoms with Crippen molar-refractivity contribution in [2.45, 2.75) is 20.3 Å². The molecule has 0 aromatic carbocycles. The predicted molar refractivity (Wildman–Crippen MR) is 105 cm³/mol. The van der Waals surface area contributed by atoms with Crippen LogP contribution in [0.5, 0.6) is 0 Å². The maximum atomic E-state index is 11.8. The van der Waals surface area contributed by atoms with Gasteiger partial charge in [-0.2, -0.15) is 14.6 Å². The number of nitrogens with zero attached hydrogens (tertiary/aromatic N) is 7. The van der Waals surface area contributed by atoms with Crippen LogP contribution in [0.3, 0.4) is 0 Å². The number of anilines is 2. The van der Waals surface area contributed by atoms with Crippen LogP contribution in [0.15, 0.2) is 30.7 Å². The van der Waals surface area contributed by atoms with Gasteiger partial charge in [0.25, 0.3) is 5.78 Å². The summed E-state index contributed by atoms with van der Waals surface area (Å²) in [6, 6.07) is 5.70. The summed E-state index contributed by atoms with van der Waals surface area (Å²) in [6.07, 6.45) is 4.10. The van der Waals surface area contributed by atoms with Crippen LogP contribution >= 0.6 is 0 Å². The first-order chi connectivity index (χ1) is 13.7. The molecule has 0 unspecified atom stereocenters. The van der Waals surface area contributed by atoms with Crippen LogP contribution in [0.2, 0.25) is 0 Å². The Morgan fingerprint density at radius 1 is 1.14 bits per heavy atom. The number of aromatic nitrogens is 5. The summed E-state index contributed by atoms with van der Waals surface area (Å²) >= 11 is 0. The first-order valence-corrected chi connectivity index (χ1v) is 9.46. The third kappa shape index (κ3) is 3.60. The lowest BCUT2D eigenvalue weighted by molar-refractivity contribution is 0.0526. The number of carbonyl (C=O) groups is 1. The van der Waals surface area contributed by atoms with E-state index >= 15 is 0 Å². The molecule has 1 saturated heterocycles. The van der Waals surface area contributed by atoms with Crippen LogP contribution in [0.4, 0.5) is 11.6 Å². The van der Waals surface area contributed by atoms with Gasteiger partial charge in [-0.1, -0.05) is 0 Å². The molecule has 4 heterocycles. The summed E-state index contributed by atoms with van der Waals surface area (Å²) < 4.78 is 6.80. The molecule has 9 nitrogen and oxygen atoms in total. The van der Waals surface area contributed by atoms with E-state index < -0.39 is 0 Å². The molecule has 1 aliphatic heterocycles. The molecular weight excluding hydrogens is 358 g/mol. The van der Waals surface area contributed by atoms with E-state index in [1.807, 2.05) is 19.1 Å². The smallest absolute Gasteiger partial charge is 0.339 e. The standard InChI is InChI=1S/C19H23N7O2/c1-3-28-18(27)15-5-6-16(20-12-15)24-7-4-8-25(10-9-24)17-11-14(2)23-19-21-13-22-26(17)19/h5-6,11-13H,3-4,7-10H2,1-2H3. The third-order valence-electron chi connectivity index (χ3n) is 4.76. The second-order valence-electron chi connectivity index (χ2n) is 6.68. The highest BCUT2D eigenvalue weighted by Gasteiger charge is 2.19. The van der Waals surface area contributed by atoms with Gasteiger partial charge < -0.3 is 14.5 Å². The van der Waals surface area contributed by atoms with Gasteiger partial charge in [-0.15, -0.1) is 0 Å². The van der Waals surface area contributed by atoms with Gasteiger partial charge in [0, 0.05) is 44.1 Å². The van der Waals surface area contributed by atoms with Crippen molar-refractivity contribution < 1.29 is 9.53 Å². The number of rotatable bonds is 4. The Morgan fingerprint density at radius 2 is 1.96 bits per heavy atom. The number of hydrogen-bond donors (Lipinski definition) is 0. The van der Waals surface area contributed by atoms with Crippen molar-refractivity contribution in [3.63, 3.8) is 0 Å². The molecule has 0 spiro atoms. The summed E-state index contributed by atoms with van der Waals surface area (Å²) in [5, 5.41) is 4.32. The van der Waals surface area contributed by atoms with E-state index in [9.17, 15) is 4.79 Å². The topological polar surface area (TPSA) is 88.8 Å². The summed E-state index contributed by atoms with van der Waals surface area (Å²) in [4.78, 5) is 29.4. The molecule has 0 aliphatic carbocycles. The van der Waals surface area contributed by atoms with Gasteiger partial charge in [-0.05, 0) is 32.4 Å². The van der Waals surface area contributed by atoms with E-state index in [0.29, 0.717) is 17.9 Å². The van der Waals surface area contributed by atoms with Crippen molar-refractivity contribution in [2.24, 2.45) is 0 Å². The van der Waals surface area contributed by atoms with Crippen LogP contribution in [-0.4, -0.2) is 63.3 Å². The van der Waals surface area contributed by atoms with Crippen molar-refractivity contribution in [3.8, 4) is 0 Å². The minimum absolute atomic E-state index is 0.339. The normalized spacial score (nSPS) is 14.9. The van der Waals surface area contributed by atoms with E-state index in [-0.39, 0.29) is 5.97 Å². The highest BCUT2D eigenvalue weighted by molar-refractivity contribution is 5.89. The summed E-state index contributed by atoms with van der Waals surface area (Å²) in [7, 11) is 0. The molecule has 0 amide bonds. The Balaban J connectivity index is 1.49. The van der Waals surface area contributed by atoms with Crippen LogP contribution in [0.1, 0.15) is 29.4 Å².